The van der Waals surface area contributed by atoms with Crippen molar-refractivity contribution >= 4 is 44.4 Å². The minimum absolute atomic E-state index is 0.0112. The normalized spacial score (nSPS) is 11.1. The first-order chi connectivity index (χ1) is 13.1. The van der Waals surface area contributed by atoms with Gasteiger partial charge in [-0.25, -0.2) is 4.98 Å². The van der Waals surface area contributed by atoms with Gasteiger partial charge in [-0.3, -0.25) is 9.69 Å². The fourth-order valence-electron chi connectivity index (χ4n) is 2.56. The summed E-state index contributed by atoms with van der Waals surface area (Å²) in [4.78, 5) is 22.6. The highest BCUT2D eigenvalue weighted by atomic mass is 32.2. The lowest BCUT2D eigenvalue weighted by Crippen LogP contribution is -2.39. The predicted molar refractivity (Wildman–Crippen MR) is 114 cm³/mol. The van der Waals surface area contributed by atoms with E-state index in [1.54, 1.807) is 28.0 Å². The van der Waals surface area contributed by atoms with Gasteiger partial charge in [0.15, 0.2) is 11.7 Å². The van der Waals surface area contributed by atoms with Crippen LogP contribution < -0.4 is 9.64 Å². The number of fused-ring (bicyclic) bond motifs is 1. The number of ether oxygens (including phenoxy) is 1. The third-order valence-corrected chi connectivity index (χ3v) is 5.81. The summed E-state index contributed by atoms with van der Waals surface area (Å²) < 4.78 is 6.75. The number of aromatic nitrogens is 1. The number of thioether (sulfide) groups is 1. The molecular formula is C20H23N3O2S2. The van der Waals surface area contributed by atoms with Crippen molar-refractivity contribution in [2.24, 2.45) is 0 Å². The predicted octanol–water partition coefficient (Wildman–Crippen LogP) is 3.99. The van der Waals surface area contributed by atoms with Crippen LogP contribution in [0.15, 0.2) is 53.4 Å². The largest absolute Gasteiger partial charge is 0.484 e. The van der Waals surface area contributed by atoms with E-state index in [4.69, 9.17) is 9.72 Å². The Morgan fingerprint density at radius 1 is 1.11 bits per heavy atom. The van der Waals surface area contributed by atoms with E-state index < -0.39 is 0 Å². The van der Waals surface area contributed by atoms with Crippen molar-refractivity contribution in [3.8, 4) is 5.75 Å². The molecule has 0 radical (unpaired) electrons. The van der Waals surface area contributed by atoms with E-state index in [1.807, 2.05) is 62.8 Å². The molecule has 0 spiro atoms. The lowest BCUT2D eigenvalue weighted by molar-refractivity contribution is -0.120. The molecule has 2 aromatic carbocycles. The molecule has 3 aromatic rings. The molecule has 1 aromatic heterocycles. The third kappa shape index (κ3) is 5.00. The topological polar surface area (TPSA) is 45.7 Å². The van der Waals surface area contributed by atoms with E-state index >= 15 is 0 Å². The number of carbonyl (C=O) groups is 1. The van der Waals surface area contributed by atoms with Gasteiger partial charge < -0.3 is 9.64 Å². The summed E-state index contributed by atoms with van der Waals surface area (Å²) in [5, 5.41) is 0.718. The molecule has 0 aliphatic heterocycles. The molecule has 0 bridgehead atoms. The van der Waals surface area contributed by atoms with Crippen molar-refractivity contribution in [3.63, 3.8) is 0 Å². The minimum atomic E-state index is -0.0922. The Morgan fingerprint density at radius 2 is 1.89 bits per heavy atom. The zero-order chi connectivity index (χ0) is 19.2. The first kappa shape index (κ1) is 19.7. The van der Waals surface area contributed by atoms with Crippen LogP contribution in [0.5, 0.6) is 5.75 Å². The number of rotatable bonds is 8. The van der Waals surface area contributed by atoms with Crippen LogP contribution >= 0.6 is 23.1 Å². The quantitative estimate of drug-likeness (QED) is 0.534. The molecule has 0 N–H and O–H groups in total. The van der Waals surface area contributed by atoms with Crippen molar-refractivity contribution in [1.82, 2.24) is 9.88 Å². The number of carbonyl (C=O) groups excluding carboxylic acids is 1. The smallest absolute Gasteiger partial charge is 0.266 e. The maximum Gasteiger partial charge on any atom is 0.266 e. The Labute approximate surface area is 168 Å². The maximum atomic E-state index is 12.9. The average molecular weight is 402 g/mol. The fourth-order valence-corrected chi connectivity index (χ4v) is 4.22. The number of para-hydroxylation sites is 2. The van der Waals surface area contributed by atoms with E-state index in [1.165, 1.54) is 0 Å². The van der Waals surface area contributed by atoms with Crippen LogP contribution in [-0.4, -0.2) is 55.8 Å². The number of benzene rings is 2. The summed E-state index contributed by atoms with van der Waals surface area (Å²) in [6.45, 7) is 1.31. The Hall–Kier alpha value is -2.09. The van der Waals surface area contributed by atoms with Gasteiger partial charge in [0.1, 0.15) is 5.75 Å². The van der Waals surface area contributed by atoms with Gasteiger partial charge >= 0.3 is 0 Å². The Balaban J connectivity index is 1.83. The fraction of sp³-hybridized carbons (Fsp3) is 0.300. The molecule has 0 atom stereocenters. The molecule has 0 fully saturated rings. The molecule has 0 aliphatic rings. The summed E-state index contributed by atoms with van der Waals surface area (Å²) in [6, 6.07) is 15.5. The van der Waals surface area contributed by atoms with Gasteiger partial charge in [-0.2, -0.15) is 0 Å². The minimum Gasteiger partial charge on any atom is -0.484 e. The van der Waals surface area contributed by atoms with E-state index in [0.717, 1.165) is 26.8 Å². The Bertz CT molecular complexity index is 897. The summed E-state index contributed by atoms with van der Waals surface area (Å²) in [7, 11) is 3.99. The van der Waals surface area contributed by atoms with Gasteiger partial charge in [-0.05, 0) is 44.6 Å². The van der Waals surface area contributed by atoms with Crippen LogP contribution in [0.2, 0.25) is 0 Å². The van der Waals surface area contributed by atoms with Crippen LogP contribution in [0.1, 0.15) is 0 Å². The highest BCUT2D eigenvalue weighted by Crippen LogP contribution is 2.34. The monoisotopic (exact) mass is 401 g/mol. The lowest BCUT2D eigenvalue weighted by Gasteiger charge is -2.22. The van der Waals surface area contributed by atoms with Crippen LogP contribution in [0.4, 0.5) is 5.13 Å². The Kier molecular flexibility index (Phi) is 6.71. The summed E-state index contributed by atoms with van der Waals surface area (Å²) >= 11 is 3.21. The molecule has 1 heterocycles. The lowest BCUT2D eigenvalue weighted by atomic mass is 10.3. The van der Waals surface area contributed by atoms with E-state index in [9.17, 15) is 4.79 Å². The molecule has 0 aliphatic carbocycles. The number of nitrogens with zero attached hydrogens (tertiary/aromatic N) is 3. The third-order valence-electron chi connectivity index (χ3n) is 4.00. The molecule has 0 saturated carbocycles. The van der Waals surface area contributed by atoms with Gasteiger partial charge in [-0.15, -0.1) is 11.8 Å². The van der Waals surface area contributed by atoms with E-state index in [0.29, 0.717) is 12.3 Å². The molecule has 0 saturated heterocycles. The first-order valence-electron chi connectivity index (χ1n) is 8.65. The maximum absolute atomic E-state index is 12.9. The number of anilines is 1. The molecule has 142 valence electrons. The standard InChI is InChI=1S/C20H23N3O2S2/c1-22(2)12-13-23(18(24)14-25-15-8-5-4-6-9-15)20-21-19-16(26-3)10-7-11-17(19)27-20/h4-11H,12-14H2,1-3H3. The van der Waals surface area contributed by atoms with Gasteiger partial charge in [0, 0.05) is 18.0 Å². The van der Waals surface area contributed by atoms with Crippen molar-refractivity contribution in [1.29, 1.82) is 0 Å². The van der Waals surface area contributed by atoms with Crippen molar-refractivity contribution in [2.45, 2.75) is 4.90 Å². The number of likely N-dealkylation sites (N-methyl/N-ethyl adjacent to an activating group) is 1. The zero-order valence-electron chi connectivity index (χ0n) is 15.7. The van der Waals surface area contributed by atoms with Crippen LogP contribution in [-0.2, 0) is 4.79 Å². The second kappa shape index (κ2) is 9.21. The van der Waals surface area contributed by atoms with Crippen LogP contribution in [0.3, 0.4) is 0 Å². The zero-order valence-corrected chi connectivity index (χ0v) is 17.3. The van der Waals surface area contributed by atoms with Crippen LogP contribution in [0.25, 0.3) is 10.2 Å². The van der Waals surface area contributed by atoms with Gasteiger partial charge in [-0.1, -0.05) is 35.6 Å². The average Bonchev–Trinajstić information content (AvgIpc) is 3.11. The molecular weight excluding hydrogens is 378 g/mol. The van der Waals surface area contributed by atoms with Crippen molar-refractivity contribution in [3.05, 3.63) is 48.5 Å². The molecule has 0 unspecified atom stereocenters. The molecule has 5 nitrogen and oxygen atoms in total. The SMILES string of the molecule is CSc1cccc2sc(N(CCN(C)C)C(=O)COc3ccccc3)nc12. The summed E-state index contributed by atoms with van der Waals surface area (Å²) in [5.74, 6) is 0.595. The summed E-state index contributed by atoms with van der Waals surface area (Å²) in [5.41, 5.74) is 0.955. The number of hydrogen-bond acceptors (Lipinski definition) is 6. The van der Waals surface area contributed by atoms with E-state index in [2.05, 4.69) is 11.0 Å². The van der Waals surface area contributed by atoms with Gasteiger partial charge in [0.2, 0.25) is 0 Å². The molecule has 3 rings (SSSR count). The second-order valence-corrected chi connectivity index (χ2v) is 8.11. The second-order valence-electron chi connectivity index (χ2n) is 6.25. The van der Waals surface area contributed by atoms with E-state index in [-0.39, 0.29) is 12.5 Å². The number of amides is 1. The highest BCUT2D eigenvalue weighted by Gasteiger charge is 2.21. The van der Waals surface area contributed by atoms with Crippen molar-refractivity contribution in [2.75, 3.05) is 44.9 Å². The Morgan fingerprint density at radius 3 is 2.59 bits per heavy atom. The molecule has 7 heteroatoms. The molecule has 1 amide bonds. The first-order valence-corrected chi connectivity index (χ1v) is 10.7. The number of thiazole rings is 1. The van der Waals surface area contributed by atoms with Crippen molar-refractivity contribution < 1.29 is 9.53 Å². The summed E-state index contributed by atoms with van der Waals surface area (Å²) in [6.07, 6.45) is 2.04. The number of hydrogen-bond donors (Lipinski definition) is 0. The van der Waals surface area contributed by atoms with Crippen LogP contribution in [0, 0.1) is 0 Å². The van der Waals surface area contributed by atoms with Gasteiger partial charge in [0.25, 0.3) is 5.91 Å². The van der Waals surface area contributed by atoms with Gasteiger partial charge in [0.05, 0.1) is 10.2 Å². The molecule has 27 heavy (non-hydrogen) atoms. The highest BCUT2D eigenvalue weighted by molar-refractivity contribution is 7.98.